The van der Waals surface area contributed by atoms with Crippen LogP contribution in [0, 0.1) is 6.92 Å². The number of nitrogens with one attached hydrogen (secondary N) is 1. The lowest BCUT2D eigenvalue weighted by molar-refractivity contribution is 0.422. The molecule has 0 aliphatic carbocycles. The minimum atomic E-state index is 0.0185. The predicted molar refractivity (Wildman–Crippen MR) is 82.5 cm³/mol. The van der Waals surface area contributed by atoms with Crippen molar-refractivity contribution in [1.82, 2.24) is 20.2 Å². The van der Waals surface area contributed by atoms with Crippen LogP contribution in [0.3, 0.4) is 0 Å². The van der Waals surface area contributed by atoms with Crippen molar-refractivity contribution < 1.29 is 0 Å². The maximum Gasteiger partial charge on any atom is 0.0898 e. The fraction of sp³-hybridized carbons (Fsp3) is 0.571. The van der Waals surface area contributed by atoms with Crippen LogP contribution in [0.2, 0.25) is 0 Å². The highest BCUT2D eigenvalue weighted by atomic mass is 32.1. The summed E-state index contributed by atoms with van der Waals surface area (Å²) < 4.78 is 2.06. The molecule has 0 bridgehead atoms. The van der Waals surface area contributed by atoms with E-state index in [-0.39, 0.29) is 6.04 Å². The zero-order valence-electron chi connectivity index (χ0n) is 12.3. The molecule has 0 fully saturated rings. The molecule has 1 unspecified atom stereocenters. The summed E-state index contributed by atoms with van der Waals surface area (Å²) in [4.78, 5) is 4.49. The van der Waals surface area contributed by atoms with Gasteiger partial charge in [-0.1, -0.05) is 13.8 Å². The average Bonchev–Trinajstić information content (AvgIpc) is 3.07. The highest BCUT2D eigenvalue weighted by molar-refractivity contribution is 7.09. The average molecular weight is 293 g/mol. The lowest BCUT2D eigenvalue weighted by Crippen LogP contribution is -2.30. The first-order valence-corrected chi connectivity index (χ1v) is 7.98. The summed E-state index contributed by atoms with van der Waals surface area (Å²) in [5.41, 5.74) is 4.88. The fourth-order valence-electron chi connectivity index (χ4n) is 2.35. The Morgan fingerprint density at radius 1 is 1.40 bits per heavy atom. The van der Waals surface area contributed by atoms with E-state index in [9.17, 15) is 0 Å². The molecule has 0 saturated carbocycles. The van der Waals surface area contributed by atoms with Gasteiger partial charge >= 0.3 is 0 Å². The molecule has 0 saturated heterocycles. The van der Waals surface area contributed by atoms with E-state index in [1.54, 1.807) is 11.3 Å². The van der Waals surface area contributed by atoms with Gasteiger partial charge in [0.15, 0.2) is 0 Å². The standard InChI is InChI=1S/C14H23N5S/c1-4-12(5-2)19-7-6-11(18-19)8-13(17-15)14-9-20-10(3)16-14/h6-7,9,12-13,17H,4-5,8,15H2,1-3H3. The van der Waals surface area contributed by atoms with E-state index in [4.69, 9.17) is 5.84 Å². The third-order valence-electron chi connectivity index (χ3n) is 3.59. The fourth-order valence-corrected chi connectivity index (χ4v) is 3.02. The number of nitrogens with two attached hydrogens (primary N) is 1. The van der Waals surface area contributed by atoms with Crippen molar-refractivity contribution in [3.63, 3.8) is 0 Å². The molecule has 110 valence electrons. The van der Waals surface area contributed by atoms with Crippen molar-refractivity contribution in [2.75, 3.05) is 0 Å². The molecular weight excluding hydrogens is 270 g/mol. The molecule has 2 rings (SSSR count). The number of hydrogen-bond acceptors (Lipinski definition) is 5. The smallest absolute Gasteiger partial charge is 0.0898 e. The molecule has 20 heavy (non-hydrogen) atoms. The first-order chi connectivity index (χ1) is 9.67. The van der Waals surface area contributed by atoms with Crippen LogP contribution in [0.1, 0.15) is 55.2 Å². The van der Waals surface area contributed by atoms with Crippen LogP contribution in [0.4, 0.5) is 0 Å². The van der Waals surface area contributed by atoms with E-state index < -0.39 is 0 Å². The number of aromatic nitrogens is 3. The van der Waals surface area contributed by atoms with Gasteiger partial charge < -0.3 is 0 Å². The van der Waals surface area contributed by atoms with Crippen molar-refractivity contribution in [3.05, 3.63) is 34.0 Å². The number of rotatable bonds is 7. The van der Waals surface area contributed by atoms with Gasteiger partial charge in [-0.25, -0.2) is 4.98 Å². The van der Waals surface area contributed by atoms with E-state index in [1.807, 2.05) is 6.92 Å². The number of hydrogen-bond donors (Lipinski definition) is 2. The van der Waals surface area contributed by atoms with Gasteiger partial charge in [-0.3, -0.25) is 16.0 Å². The summed E-state index contributed by atoms with van der Waals surface area (Å²) in [6.07, 6.45) is 5.02. The molecule has 2 aromatic heterocycles. The van der Waals surface area contributed by atoms with Gasteiger partial charge in [0.05, 0.1) is 28.5 Å². The number of hydrazine groups is 1. The Hall–Kier alpha value is -1.24. The normalized spacial score (nSPS) is 13.1. The Kier molecular flexibility index (Phi) is 5.28. The van der Waals surface area contributed by atoms with Crippen molar-refractivity contribution >= 4 is 11.3 Å². The summed E-state index contributed by atoms with van der Waals surface area (Å²) >= 11 is 1.64. The van der Waals surface area contributed by atoms with Gasteiger partial charge in [0.1, 0.15) is 0 Å². The van der Waals surface area contributed by atoms with Crippen LogP contribution < -0.4 is 11.3 Å². The topological polar surface area (TPSA) is 68.8 Å². The second kappa shape index (κ2) is 6.97. The molecule has 0 aliphatic heterocycles. The lowest BCUT2D eigenvalue weighted by atomic mass is 10.1. The molecule has 0 aromatic carbocycles. The Morgan fingerprint density at radius 3 is 2.70 bits per heavy atom. The monoisotopic (exact) mass is 293 g/mol. The van der Waals surface area contributed by atoms with E-state index in [0.717, 1.165) is 35.7 Å². The number of aryl methyl sites for hydroxylation is 1. The molecule has 2 heterocycles. The zero-order valence-corrected chi connectivity index (χ0v) is 13.2. The summed E-state index contributed by atoms with van der Waals surface area (Å²) in [6, 6.07) is 2.57. The summed E-state index contributed by atoms with van der Waals surface area (Å²) in [5.74, 6) is 5.66. The van der Waals surface area contributed by atoms with Crippen LogP contribution in [0.5, 0.6) is 0 Å². The molecule has 0 amide bonds. The van der Waals surface area contributed by atoms with Gasteiger partial charge in [0.2, 0.25) is 0 Å². The molecule has 3 N–H and O–H groups in total. The molecular formula is C14H23N5S. The molecule has 0 spiro atoms. The van der Waals surface area contributed by atoms with Crippen LogP contribution in [-0.2, 0) is 6.42 Å². The largest absolute Gasteiger partial charge is 0.271 e. The van der Waals surface area contributed by atoms with Crippen LogP contribution >= 0.6 is 11.3 Å². The quantitative estimate of drug-likeness (QED) is 0.608. The first kappa shape index (κ1) is 15.2. The van der Waals surface area contributed by atoms with E-state index in [1.165, 1.54) is 0 Å². The van der Waals surface area contributed by atoms with E-state index in [2.05, 4.69) is 51.7 Å². The SMILES string of the molecule is CCC(CC)n1ccc(CC(NN)c2csc(C)n2)n1. The molecule has 5 nitrogen and oxygen atoms in total. The van der Waals surface area contributed by atoms with Crippen LogP contribution in [0.15, 0.2) is 17.6 Å². The summed E-state index contributed by atoms with van der Waals surface area (Å²) in [6.45, 7) is 6.39. The third-order valence-corrected chi connectivity index (χ3v) is 4.38. The minimum absolute atomic E-state index is 0.0185. The highest BCUT2D eigenvalue weighted by Crippen LogP contribution is 2.20. The Morgan fingerprint density at radius 2 is 2.15 bits per heavy atom. The Labute approximate surface area is 124 Å². The van der Waals surface area contributed by atoms with E-state index in [0.29, 0.717) is 6.04 Å². The number of nitrogens with zero attached hydrogens (tertiary/aromatic N) is 3. The van der Waals surface area contributed by atoms with Crippen LogP contribution in [-0.4, -0.2) is 14.8 Å². The molecule has 6 heteroatoms. The van der Waals surface area contributed by atoms with E-state index >= 15 is 0 Å². The van der Waals surface area contributed by atoms with Crippen molar-refractivity contribution in [1.29, 1.82) is 0 Å². The Balaban J connectivity index is 2.08. The molecule has 0 radical (unpaired) electrons. The van der Waals surface area contributed by atoms with Crippen LogP contribution in [0.25, 0.3) is 0 Å². The molecule has 2 aromatic rings. The summed E-state index contributed by atoms with van der Waals surface area (Å²) in [7, 11) is 0. The van der Waals surface area contributed by atoms with Gasteiger partial charge in [0, 0.05) is 18.0 Å². The van der Waals surface area contributed by atoms with Gasteiger partial charge in [-0.05, 0) is 25.8 Å². The van der Waals surface area contributed by atoms with Crippen molar-refractivity contribution in [3.8, 4) is 0 Å². The minimum Gasteiger partial charge on any atom is -0.271 e. The Bertz CT molecular complexity index is 529. The highest BCUT2D eigenvalue weighted by Gasteiger charge is 2.16. The van der Waals surface area contributed by atoms with Crippen molar-refractivity contribution in [2.45, 2.75) is 52.1 Å². The zero-order chi connectivity index (χ0) is 14.5. The van der Waals surface area contributed by atoms with Crippen molar-refractivity contribution in [2.24, 2.45) is 5.84 Å². The van der Waals surface area contributed by atoms with Gasteiger partial charge in [0.25, 0.3) is 0 Å². The van der Waals surface area contributed by atoms with Gasteiger partial charge in [-0.2, -0.15) is 5.10 Å². The second-order valence-corrected chi connectivity index (χ2v) is 6.03. The lowest BCUT2D eigenvalue weighted by Gasteiger charge is -2.14. The molecule has 1 atom stereocenters. The second-order valence-electron chi connectivity index (χ2n) is 4.97. The summed E-state index contributed by atoms with van der Waals surface area (Å²) in [5, 5.41) is 7.78. The maximum absolute atomic E-state index is 5.66. The molecule has 0 aliphatic rings. The first-order valence-electron chi connectivity index (χ1n) is 7.10. The predicted octanol–water partition coefficient (Wildman–Crippen LogP) is 2.76. The maximum atomic E-state index is 5.66. The number of thiazole rings is 1. The van der Waals surface area contributed by atoms with Gasteiger partial charge in [-0.15, -0.1) is 11.3 Å². The third kappa shape index (κ3) is 3.45.